The maximum absolute atomic E-state index is 12.4. The van der Waals surface area contributed by atoms with Crippen LogP contribution in [-0.2, 0) is 21.4 Å². The van der Waals surface area contributed by atoms with Gasteiger partial charge >= 0.3 is 0 Å². The van der Waals surface area contributed by atoms with Crippen LogP contribution in [0.15, 0.2) is 53.4 Å². The maximum Gasteiger partial charge on any atom is 0.244 e. The van der Waals surface area contributed by atoms with Crippen molar-refractivity contribution in [1.82, 2.24) is 9.62 Å². The van der Waals surface area contributed by atoms with Gasteiger partial charge in [0, 0.05) is 26.7 Å². The summed E-state index contributed by atoms with van der Waals surface area (Å²) in [5, 5.41) is 2.72. The number of hydrogen-bond acceptors (Lipinski definition) is 5. The highest BCUT2D eigenvalue weighted by Crippen LogP contribution is 2.28. The Morgan fingerprint density at radius 1 is 1.14 bits per heavy atom. The second-order valence-electron chi connectivity index (χ2n) is 6.29. The zero-order valence-corrected chi connectivity index (χ0v) is 17.8. The molecule has 2 aromatic carbocycles. The standard InChI is InChI=1S/C21H26N2O5S/c1-5-28-19-14-16(10-12-18(19)27-4)11-13-21(24)22-15-17-8-6-7-9-20(17)29(25,26)23(2)3/h6-14H,5,15H2,1-4H3,(H,22,24)/b13-11+. The number of amides is 1. The van der Waals surface area contributed by atoms with Crippen molar-refractivity contribution >= 4 is 22.0 Å². The Hall–Kier alpha value is -2.84. The van der Waals surface area contributed by atoms with E-state index in [1.807, 2.05) is 13.0 Å². The monoisotopic (exact) mass is 418 g/mol. The minimum atomic E-state index is -3.59. The van der Waals surface area contributed by atoms with Gasteiger partial charge < -0.3 is 14.8 Å². The van der Waals surface area contributed by atoms with Crippen molar-refractivity contribution in [3.63, 3.8) is 0 Å². The fraction of sp³-hybridized carbons (Fsp3) is 0.286. The Morgan fingerprint density at radius 3 is 2.52 bits per heavy atom. The SMILES string of the molecule is CCOc1cc(/C=C/C(=O)NCc2ccccc2S(=O)(=O)N(C)C)ccc1OC. The summed E-state index contributed by atoms with van der Waals surface area (Å²) in [5.74, 6) is 0.878. The lowest BCUT2D eigenvalue weighted by atomic mass is 10.2. The molecule has 0 saturated heterocycles. The van der Waals surface area contributed by atoms with Gasteiger partial charge in [-0.15, -0.1) is 0 Å². The summed E-state index contributed by atoms with van der Waals surface area (Å²) in [5.41, 5.74) is 1.30. The number of carbonyl (C=O) groups is 1. The fourth-order valence-corrected chi connectivity index (χ4v) is 3.69. The van der Waals surface area contributed by atoms with E-state index in [2.05, 4.69) is 5.32 Å². The van der Waals surface area contributed by atoms with Crippen LogP contribution in [0.25, 0.3) is 6.08 Å². The second kappa shape index (κ2) is 10.1. The van der Waals surface area contributed by atoms with Gasteiger partial charge in [-0.1, -0.05) is 24.3 Å². The number of benzene rings is 2. The summed E-state index contributed by atoms with van der Waals surface area (Å²) < 4.78 is 36.8. The van der Waals surface area contributed by atoms with Crippen molar-refractivity contribution in [1.29, 1.82) is 0 Å². The van der Waals surface area contributed by atoms with Crippen molar-refractivity contribution in [2.45, 2.75) is 18.4 Å². The van der Waals surface area contributed by atoms with E-state index in [1.165, 1.54) is 26.2 Å². The van der Waals surface area contributed by atoms with Crippen molar-refractivity contribution in [3.05, 3.63) is 59.7 Å². The molecule has 156 valence electrons. The summed E-state index contributed by atoms with van der Waals surface area (Å²) in [6, 6.07) is 12.0. The van der Waals surface area contributed by atoms with Gasteiger partial charge in [-0.05, 0) is 42.3 Å². The lowest BCUT2D eigenvalue weighted by molar-refractivity contribution is -0.116. The van der Waals surface area contributed by atoms with E-state index < -0.39 is 10.0 Å². The van der Waals surface area contributed by atoms with E-state index in [9.17, 15) is 13.2 Å². The molecule has 0 heterocycles. The summed E-state index contributed by atoms with van der Waals surface area (Å²) in [6.45, 7) is 2.47. The van der Waals surface area contributed by atoms with E-state index in [0.717, 1.165) is 9.87 Å². The molecule has 2 aromatic rings. The van der Waals surface area contributed by atoms with E-state index in [4.69, 9.17) is 9.47 Å². The molecule has 7 nitrogen and oxygen atoms in total. The number of rotatable bonds is 9. The molecule has 0 aliphatic heterocycles. The summed E-state index contributed by atoms with van der Waals surface area (Å²) in [6.07, 6.45) is 3.04. The molecule has 2 rings (SSSR count). The molecule has 0 spiro atoms. The van der Waals surface area contributed by atoms with Crippen LogP contribution in [0.3, 0.4) is 0 Å². The molecule has 0 aliphatic carbocycles. The lowest BCUT2D eigenvalue weighted by Crippen LogP contribution is -2.26. The van der Waals surface area contributed by atoms with Crippen molar-refractivity contribution < 1.29 is 22.7 Å². The molecule has 0 fully saturated rings. The number of ether oxygens (including phenoxy) is 2. The minimum Gasteiger partial charge on any atom is -0.493 e. The predicted octanol–water partition coefficient (Wildman–Crippen LogP) is 2.67. The van der Waals surface area contributed by atoms with E-state index >= 15 is 0 Å². The van der Waals surface area contributed by atoms with Gasteiger partial charge in [0.15, 0.2) is 11.5 Å². The Morgan fingerprint density at radius 2 is 1.86 bits per heavy atom. The molecule has 0 unspecified atom stereocenters. The van der Waals surface area contributed by atoms with Gasteiger partial charge in [0.05, 0.1) is 18.6 Å². The minimum absolute atomic E-state index is 0.0965. The van der Waals surface area contributed by atoms with Crippen molar-refractivity contribution in [2.75, 3.05) is 27.8 Å². The van der Waals surface area contributed by atoms with Gasteiger partial charge in [-0.25, -0.2) is 12.7 Å². The highest BCUT2D eigenvalue weighted by Gasteiger charge is 2.20. The van der Waals surface area contributed by atoms with Gasteiger partial charge in [0.25, 0.3) is 0 Å². The smallest absolute Gasteiger partial charge is 0.244 e. The maximum atomic E-state index is 12.4. The normalized spacial score (nSPS) is 11.6. The Bertz CT molecular complexity index is 984. The van der Waals surface area contributed by atoms with Gasteiger partial charge in [0.2, 0.25) is 15.9 Å². The molecule has 0 atom stereocenters. The molecule has 0 aliphatic rings. The highest BCUT2D eigenvalue weighted by molar-refractivity contribution is 7.89. The Kier molecular flexibility index (Phi) is 7.81. The Labute approximate surface area is 172 Å². The lowest BCUT2D eigenvalue weighted by Gasteiger charge is -2.15. The van der Waals surface area contributed by atoms with Crippen LogP contribution in [0.2, 0.25) is 0 Å². The van der Waals surface area contributed by atoms with Crippen LogP contribution in [0.5, 0.6) is 11.5 Å². The number of methoxy groups -OCH3 is 1. The molecule has 1 N–H and O–H groups in total. The van der Waals surface area contributed by atoms with Crippen molar-refractivity contribution in [2.24, 2.45) is 0 Å². The van der Waals surface area contributed by atoms with Crippen LogP contribution in [0, 0.1) is 0 Å². The molecular formula is C21H26N2O5S. The first kappa shape index (κ1) is 22.4. The highest BCUT2D eigenvalue weighted by atomic mass is 32.2. The third-order valence-electron chi connectivity index (χ3n) is 4.10. The average molecular weight is 419 g/mol. The summed E-state index contributed by atoms with van der Waals surface area (Å²) in [7, 11) is 0.917. The van der Waals surface area contributed by atoms with Crippen LogP contribution in [-0.4, -0.2) is 46.4 Å². The van der Waals surface area contributed by atoms with Gasteiger partial charge in [0.1, 0.15) is 0 Å². The number of nitrogens with zero attached hydrogens (tertiary/aromatic N) is 1. The predicted molar refractivity (Wildman–Crippen MR) is 112 cm³/mol. The van der Waals surface area contributed by atoms with E-state index in [1.54, 1.807) is 43.5 Å². The van der Waals surface area contributed by atoms with Crippen molar-refractivity contribution in [3.8, 4) is 11.5 Å². The molecule has 0 radical (unpaired) electrons. The molecule has 0 saturated carbocycles. The molecule has 1 amide bonds. The topological polar surface area (TPSA) is 84.9 Å². The number of sulfonamides is 1. The first-order valence-corrected chi connectivity index (χ1v) is 10.5. The van der Waals surface area contributed by atoms with Crippen LogP contribution in [0.4, 0.5) is 0 Å². The number of hydrogen-bond donors (Lipinski definition) is 1. The Balaban J connectivity index is 2.09. The molecular weight excluding hydrogens is 392 g/mol. The number of carbonyl (C=O) groups excluding carboxylic acids is 1. The molecule has 8 heteroatoms. The zero-order chi connectivity index (χ0) is 21.4. The molecule has 29 heavy (non-hydrogen) atoms. The van der Waals surface area contributed by atoms with E-state index in [0.29, 0.717) is 23.7 Å². The number of nitrogens with one attached hydrogen (secondary N) is 1. The van der Waals surface area contributed by atoms with Crippen LogP contribution >= 0.6 is 0 Å². The largest absolute Gasteiger partial charge is 0.493 e. The third kappa shape index (κ3) is 5.82. The summed E-state index contributed by atoms with van der Waals surface area (Å²) in [4.78, 5) is 12.4. The van der Waals surface area contributed by atoms with E-state index in [-0.39, 0.29) is 17.3 Å². The van der Waals surface area contributed by atoms with Crippen LogP contribution < -0.4 is 14.8 Å². The van der Waals surface area contributed by atoms with Crippen LogP contribution in [0.1, 0.15) is 18.1 Å². The molecule has 0 bridgehead atoms. The average Bonchev–Trinajstić information content (AvgIpc) is 2.71. The first-order valence-electron chi connectivity index (χ1n) is 9.06. The summed E-state index contributed by atoms with van der Waals surface area (Å²) >= 11 is 0. The fourth-order valence-electron chi connectivity index (χ4n) is 2.58. The zero-order valence-electron chi connectivity index (χ0n) is 17.0. The van der Waals surface area contributed by atoms with Gasteiger partial charge in [-0.3, -0.25) is 4.79 Å². The second-order valence-corrected chi connectivity index (χ2v) is 8.41. The van der Waals surface area contributed by atoms with Gasteiger partial charge in [-0.2, -0.15) is 0 Å². The first-order chi connectivity index (χ1) is 13.8. The quantitative estimate of drug-likeness (QED) is 0.633. The molecule has 0 aromatic heterocycles. The third-order valence-corrected chi connectivity index (χ3v) is 6.01.